The molecule has 2 fully saturated rings. The summed E-state index contributed by atoms with van der Waals surface area (Å²) in [5.41, 5.74) is 3.56. The fourth-order valence-electron chi connectivity index (χ4n) is 4.35. The van der Waals surface area contributed by atoms with Gasteiger partial charge in [-0.25, -0.2) is 0 Å². The number of piperidine rings is 1. The van der Waals surface area contributed by atoms with Crippen molar-refractivity contribution in [2.75, 3.05) is 31.2 Å². The van der Waals surface area contributed by atoms with Gasteiger partial charge in [0, 0.05) is 25.3 Å². The average molecular weight is 349 g/mol. The third kappa shape index (κ3) is 3.10. The number of carbonyl (C=O) groups excluding carboxylic acids is 1. The first-order valence-electron chi connectivity index (χ1n) is 9.57. The molecule has 0 aromatic heterocycles. The molecule has 1 N–H and O–H groups in total. The van der Waals surface area contributed by atoms with Crippen LogP contribution in [-0.4, -0.2) is 42.6 Å². The Morgan fingerprint density at radius 1 is 1.00 bits per heavy atom. The molecule has 136 valence electrons. The lowest BCUT2D eigenvalue weighted by atomic mass is 9.85. The molecule has 1 spiro atoms. The Bertz CT molecular complexity index is 766. The minimum Gasteiger partial charge on any atom is -0.339 e. The van der Waals surface area contributed by atoms with Crippen LogP contribution in [0.2, 0.25) is 0 Å². The highest BCUT2D eigenvalue weighted by Crippen LogP contribution is 2.36. The molecule has 4 rings (SSSR count). The van der Waals surface area contributed by atoms with Gasteiger partial charge < -0.3 is 15.1 Å². The highest BCUT2D eigenvalue weighted by molar-refractivity contribution is 5.93. The minimum atomic E-state index is -0.374. The van der Waals surface area contributed by atoms with E-state index in [1.54, 1.807) is 0 Å². The molecule has 2 aromatic carbocycles. The molecule has 2 heterocycles. The largest absolute Gasteiger partial charge is 0.339 e. The first-order chi connectivity index (χ1) is 12.7. The fraction of sp³-hybridized carbons (Fsp3) is 0.409. The van der Waals surface area contributed by atoms with Gasteiger partial charge >= 0.3 is 0 Å². The first-order valence-corrected chi connectivity index (χ1v) is 9.57. The second-order valence-electron chi connectivity index (χ2n) is 7.48. The molecule has 0 aliphatic carbocycles. The van der Waals surface area contributed by atoms with Crippen LogP contribution >= 0.6 is 0 Å². The van der Waals surface area contributed by atoms with Crippen LogP contribution in [0.4, 0.5) is 5.69 Å². The van der Waals surface area contributed by atoms with Crippen LogP contribution in [0, 0.1) is 6.92 Å². The number of para-hydroxylation sites is 1. The van der Waals surface area contributed by atoms with Crippen molar-refractivity contribution in [1.82, 2.24) is 10.2 Å². The van der Waals surface area contributed by atoms with Gasteiger partial charge in [0.05, 0.1) is 6.67 Å². The Hall–Kier alpha value is -2.33. The Morgan fingerprint density at radius 2 is 1.69 bits per heavy atom. The third-order valence-corrected chi connectivity index (χ3v) is 6.05. The SMILES string of the molecule is Cc1ccccc1CCN1CCC2(CC1)C(=O)NCN2c1ccccc1. The maximum absolute atomic E-state index is 12.7. The summed E-state index contributed by atoms with van der Waals surface area (Å²) in [5, 5.41) is 3.08. The van der Waals surface area contributed by atoms with E-state index in [-0.39, 0.29) is 11.4 Å². The van der Waals surface area contributed by atoms with Crippen molar-refractivity contribution in [1.29, 1.82) is 0 Å². The number of anilines is 1. The van der Waals surface area contributed by atoms with Crippen molar-refractivity contribution < 1.29 is 4.79 Å². The molecule has 4 nitrogen and oxygen atoms in total. The maximum Gasteiger partial charge on any atom is 0.247 e. The van der Waals surface area contributed by atoms with E-state index in [0.717, 1.165) is 44.6 Å². The minimum absolute atomic E-state index is 0.194. The van der Waals surface area contributed by atoms with E-state index < -0.39 is 0 Å². The van der Waals surface area contributed by atoms with Crippen molar-refractivity contribution >= 4 is 11.6 Å². The summed E-state index contributed by atoms with van der Waals surface area (Å²) >= 11 is 0. The highest BCUT2D eigenvalue weighted by atomic mass is 16.2. The predicted molar refractivity (Wildman–Crippen MR) is 105 cm³/mol. The molecule has 0 bridgehead atoms. The molecule has 1 amide bonds. The first kappa shape index (κ1) is 17.1. The molecule has 4 heteroatoms. The number of nitrogens with zero attached hydrogens (tertiary/aromatic N) is 2. The van der Waals surface area contributed by atoms with Gasteiger partial charge in [-0.1, -0.05) is 42.5 Å². The van der Waals surface area contributed by atoms with Gasteiger partial charge in [-0.05, 0) is 49.4 Å². The summed E-state index contributed by atoms with van der Waals surface area (Å²) in [6, 6.07) is 18.9. The number of benzene rings is 2. The normalized spacial score (nSPS) is 19.7. The van der Waals surface area contributed by atoms with Crippen LogP contribution in [-0.2, 0) is 11.2 Å². The predicted octanol–water partition coefficient (Wildman–Crippen LogP) is 2.97. The van der Waals surface area contributed by atoms with E-state index >= 15 is 0 Å². The van der Waals surface area contributed by atoms with Gasteiger partial charge in [-0.3, -0.25) is 4.79 Å². The summed E-state index contributed by atoms with van der Waals surface area (Å²) in [6.45, 7) is 5.81. The van der Waals surface area contributed by atoms with Gasteiger partial charge in [0.1, 0.15) is 5.54 Å². The molecule has 2 saturated heterocycles. The van der Waals surface area contributed by atoms with E-state index in [1.807, 2.05) is 18.2 Å². The van der Waals surface area contributed by atoms with E-state index in [0.29, 0.717) is 6.67 Å². The number of nitrogens with one attached hydrogen (secondary N) is 1. The number of aryl methyl sites for hydroxylation is 1. The van der Waals surface area contributed by atoms with Crippen molar-refractivity contribution in [3.05, 3.63) is 65.7 Å². The molecule has 0 saturated carbocycles. The highest BCUT2D eigenvalue weighted by Gasteiger charge is 2.50. The van der Waals surface area contributed by atoms with Crippen LogP contribution in [0.25, 0.3) is 0 Å². The van der Waals surface area contributed by atoms with Gasteiger partial charge in [-0.2, -0.15) is 0 Å². The molecule has 0 atom stereocenters. The van der Waals surface area contributed by atoms with E-state index in [9.17, 15) is 4.79 Å². The number of amides is 1. The smallest absolute Gasteiger partial charge is 0.247 e. The van der Waals surface area contributed by atoms with E-state index in [2.05, 4.69) is 58.4 Å². The Labute approximate surface area is 155 Å². The summed E-state index contributed by atoms with van der Waals surface area (Å²) in [5.74, 6) is 0.194. The second kappa shape index (κ2) is 7.12. The Morgan fingerprint density at radius 3 is 2.42 bits per heavy atom. The Balaban J connectivity index is 1.41. The van der Waals surface area contributed by atoms with Crippen molar-refractivity contribution in [3.63, 3.8) is 0 Å². The third-order valence-electron chi connectivity index (χ3n) is 6.05. The zero-order chi connectivity index (χ0) is 18.0. The number of rotatable bonds is 4. The van der Waals surface area contributed by atoms with Crippen LogP contribution < -0.4 is 10.2 Å². The number of hydrogen-bond donors (Lipinski definition) is 1. The number of hydrogen-bond acceptors (Lipinski definition) is 3. The standard InChI is InChI=1S/C22H27N3O/c1-18-7-5-6-8-19(18)11-14-24-15-12-22(13-16-24)21(26)23-17-25(22)20-9-3-2-4-10-20/h2-10H,11-17H2,1H3,(H,23,26). The van der Waals surface area contributed by atoms with Gasteiger partial charge in [0.15, 0.2) is 0 Å². The Kier molecular flexibility index (Phi) is 4.68. The molecule has 0 radical (unpaired) electrons. The number of likely N-dealkylation sites (tertiary alicyclic amines) is 1. The zero-order valence-electron chi connectivity index (χ0n) is 15.4. The quantitative estimate of drug-likeness (QED) is 0.922. The van der Waals surface area contributed by atoms with E-state index in [4.69, 9.17) is 0 Å². The number of carbonyl (C=O) groups is 1. The summed E-state index contributed by atoms with van der Waals surface area (Å²) in [4.78, 5) is 17.5. The molecular weight excluding hydrogens is 322 g/mol. The van der Waals surface area contributed by atoms with Crippen molar-refractivity contribution in [2.24, 2.45) is 0 Å². The van der Waals surface area contributed by atoms with Crippen LogP contribution in [0.5, 0.6) is 0 Å². The monoisotopic (exact) mass is 349 g/mol. The van der Waals surface area contributed by atoms with Crippen molar-refractivity contribution in [2.45, 2.75) is 31.7 Å². The zero-order valence-corrected chi connectivity index (χ0v) is 15.4. The van der Waals surface area contributed by atoms with Gasteiger partial charge in [-0.15, -0.1) is 0 Å². The summed E-state index contributed by atoms with van der Waals surface area (Å²) < 4.78 is 0. The fourth-order valence-corrected chi connectivity index (χ4v) is 4.35. The van der Waals surface area contributed by atoms with Crippen LogP contribution in [0.3, 0.4) is 0 Å². The topological polar surface area (TPSA) is 35.6 Å². The lowest BCUT2D eigenvalue weighted by molar-refractivity contribution is -0.125. The molecule has 2 aliphatic rings. The maximum atomic E-state index is 12.7. The molecular formula is C22H27N3O. The molecule has 0 unspecified atom stereocenters. The summed E-state index contributed by atoms with van der Waals surface area (Å²) in [6.07, 6.45) is 2.86. The summed E-state index contributed by atoms with van der Waals surface area (Å²) in [7, 11) is 0. The van der Waals surface area contributed by atoms with Gasteiger partial charge in [0.2, 0.25) is 5.91 Å². The van der Waals surface area contributed by atoms with Crippen LogP contribution in [0.1, 0.15) is 24.0 Å². The molecule has 2 aromatic rings. The second-order valence-corrected chi connectivity index (χ2v) is 7.48. The lowest BCUT2D eigenvalue weighted by Crippen LogP contribution is -2.56. The molecule has 26 heavy (non-hydrogen) atoms. The average Bonchev–Trinajstić information content (AvgIpc) is 2.99. The molecule has 2 aliphatic heterocycles. The van der Waals surface area contributed by atoms with Crippen LogP contribution in [0.15, 0.2) is 54.6 Å². The lowest BCUT2D eigenvalue weighted by Gasteiger charge is -2.43. The van der Waals surface area contributed by atoms with E-state index in [1.165, 1.54) is 11.1 Å². The van der Waals surface area contributed by atoms with Crippen molar-refractivity contribution in [3.8, 4) is 0 Å². The van der Waals surface area contributed by atoms with Gasteiger partial charge in [0.25, 0.3) is 0 Å².